The number of methoxy groups -OCH3 is 1. The minimum Gasteiger partial charge on any atom is -0.496 e. The predicted molar refractivity (Wildman–Crippen MR) is 69.5 cm³/mol. The molecule has 3 N–H and O–H groups in total. The van der Waals surface area contributed by atoms with E-state index in [4.69, 9.17) is 10.5 Å². The lowest BCUT2D eigenvalue weighted by atomic mass is 10.1. The van der Waals surface area contributed by atoms with Gasteiger partial charge in [0.05, 0.1) is 13.7 Å². The Bertz CT molecular complexity index is 521. The Morgan fingerprint density at radius 2 is 2.22 bits per heavy atom. The van der Waals surface area contributed by atoms with Crippen LogP contribution in [0.5, 0.6) is 5.75 Å². The number of benzene rings is 1. The maximum absolute atomic E-state index is 5.48. The molecule has 96 valence electrons. The van der Waals surface area contributed by atoms with Crippen molar-refractivity contribution in [1.29, 1.82) is 0 Å². The summed E-state index contributed by atoms with van der Waals surface area (Å²) in [6, 6.07) is 6.18. The standard InChI is InChI=1S/C13H18N4O/c1-3-10-6-9(4-5-11(10)18-2)7-12-15-13(8-14)17-16-12/h4-6H,3,7-8,14H2,1-2H3,(H,15,16,17). The third-order valence-corrected chi connectivity index (χ3v) is 2.86. The van der Waals surface area contributed by atoms with Crippen molar-refractivity contribution in [2.45, 2.75) is 26.3 Å². The van der Waals surface area contributed by atoms with Gasteiger partial charge in [-0.2, -0.15) is 5.10 Å². The highest BCUT2D eigenvalue weighted by Gasteiger charge is 2.06. The van der Waals surface area contributed by atoms with Crippen LogP contribution in [0.25, 0.3) is 0 Å². The molecule has 0 radical (unpaired) electrons. The number of hydrogen-bond acceptors (Lipinski definition) is 4. The van der Waals surface area contributed by atoms with Gasteiger partial charge in [0.1, 0.15) is 11.6 Å². The lowest BCUT2D eigenvalue weighted by molar-refractivity contribution is 0.410. The normalized spacial score (nSPS) is 10.6. The number of nitrogens with one attached hydrogen (secondary N) is 1. The van der Waals surface area contributed by atoms with Crippen molar-refractivity contribution in [2.75, 3.05) is 7.11 Å². The lowest BCUT2D eigenvalue weighted by Gasteiger charge is -2.08. The fraction of sp³-hybridized carbons (Fsp3) is 0.385. The van der Waals surface area contributed by atoms with Crippen molar-refractivity contribution in [3.8, 4) is 5.75 Å². The van der Waals surface area contributed by atoms with Crippen LogP contribution in [0, 0.1) is 0 Å². The van der Waals surface area contributed by atoms with Gasteiger partial charge < -0.3 is 10.5 Å². The molecule has 0 spiro atoms. The molecule has 5 nitrogen and oxygen atoms in total. The van der Waals surface area contributed by atoms with Gasteiger partial charge in [-0.15, -0.1) is 0 Å². The minimum atomic E-state index is 0.360. The Hall–Kier alpha value is -1.88. The first-order valence-corrected chi connectivity index (χ1v) is 6.02. The maximum atomic E-state index is 5.48. The smallest absolute Gasteiger partial charge is 0.164 e. The van der Waals surface area contributed by atoms with Gasteiger partial charge in [-0.3, -0.25) is 5.10 Å². The first kappa shape index (κ1) is 12.6. The molecule has 1 aromatic carbocycles. The molecule has 5 heteroatoms. The van der Waals surface area contributed by atoms with E-state index in [1.165, 1.54) is 11.1 Å². The van der Waals surface area contributed by atoms with Gasteiger partial charge in [-0.1, -0.05) is 19.1 Å². The van der Waals surface area contributed by atoms with E-state index in [2.05, 4.69) is 28.2 Å². The topological polar surface area (TPSA) is 76.8 Å². The Morgan fingerprint density at radius 3 is 2.83 bits per heavy atom. The summed E-state index contributed by atoms with van der Waals surface area (Å²) in [4.78, 5) is 4.30. The predicted octanol–water partition coefficient (Wildman–Crippen LogP) is 1.43. The average molecular weight is 246 g/mol. The van der Waals surface area contributed by atoms with Gasteiger partial charge in [0.2, 0.25) is 0 Å². The summed E-state index contributed by atoms with van der Waals surface area (Å²) in [5.74, 6) is 2.42. The summed E-state index contributed by atoms with van der Waals surface area (Å²) in [7, 11) is 1.69. The summed E-state index contributed by atoms with van der Waals surface area (Å²) < 4.78 is 5.31. The molecule has 0 saturated carbocycles. The maximum Gasteiger partial charge on any atom is 0.164 e. The van der Waals surface area contributed by atoms with Crippen molar-refractivity contribution in [3.63, 3.8) is 0 Å². The van der Waals surface area contributed by atoms with Crippen LogP contribution < -0.4 is 10.5 Å². The Labute approximate surface area is 106 Å². The average Bonchev–Trinajstić information content (AvgIpc) is 2.86. The Morgan fingerprint density at radius 1 is 1.39 bits per heavy atom. The summed E-state index contributed by atoms with van der Waals surface area (Å²) in [5, 5.41) is 6.92. The molecule has 1 heterocycles. The summed E-state index contributed by atoms with van der Waals surface area (Å²) in [5.41, 5.74) is 7.87. The highest BCUT2D eigenvalue weighted by molar-refractivity contribution is 5.38. The van der Waals surface area contributed by atoms with Gasteiger partial charge in [-0.25, -0.2) is 4.98 Å². The zero-order valence-electron chi connectivity index (χ0n) is 10.7. The third-order valence-electron chi connectivity index (χ3n) is 2.86. The Balaban J connectivity index is 2.18. The van der Waals surface area contributed by atoms with Gasteiger partial charge in [-0.05, 0) is 23.6 Å². The van der Waals surface area contributed by atoms with E-state index in [1.54, 1.807) is 7.11 Å². The molecular formula is C13H18N4O. The molecule has 0 fully saturated rings. The van der Waals surface area contributed by atoms with Crippen LogP contribution in [0.3, 0.4) is 0 Å². The number of H-pyrrole nitrogens is 1. The minimum absolute atomic E-state index is 0.360. The molecular weight excluding hydrogens is 228 g/mol. The number of aromatic amines is 1. The van der Waals surface area contributed by atoms with E-state index in [0.29, 0.717) is 12.4 Å². The van der Waals surface area contributed by atoms with Crippen LogP contribution >= 0.6 is 0 Å². The molecule has 1 aromatic heterocycles. The van der Waals surface area contributed by atoms with E-state index in [0.717, 1.165) is 24.4 Å². The van der Waals surface area contributed by atoms with Crippen molar-refractivity contribution in [1.82, 2.24) is 15.2 Å². The fourth-order valence-corrected chi connectivity index (χ4v) is 1.92. The molecule has 0 aliphatic rings. The number of nitrogens with two attached hydrogens (primary N) is 1. The van der Waals surface area contributed by atoms with E-state index >= 15 is 0 Å². The summed E-state index contributed by atoms with van der Waals surface area (Å²) >= 11 is 0. The van der Waals surface area contributed by atoms with Gasteiger partial charge in [0.15, 0.2) is 5.82 Å². The van der Waals surface area contributed by atoms with Crippen molar-refractivity contribution < 1.29 is 4.74 Å². The second-order valence-electron chi connectivity index (χ2n) is 4.08. The quantitative estimate of drug-likeness (QED) is 0.836. The van der Waals surface area contributed by atoms with E-state index in [1.807, 2.05) is 12.1 Å². The molecule has 2 rings (SSSR count). The van der Waals surface area contributed by atoms with Crippen LogP contribution in [-0.2, 0) is 19.4 Å². The Kier molecular flexibility index (Phi) is 3.94. The van der Waals surface area contributed by atoms with E-state index < -0.39 is 0 Å². The molecule has 0 bridgehead atoms. The third kappa shape index (κ3) is 2.68. The van der Waals surface area contributed by atoms with Crippen LogP contribution in [-0.4, -0.2) is 22.3 Å². The van der Waals surface area contributed by atoms with Crippen LogP contribution in [0.15, 0.2) is 18.2 Å². The van der Waals surface area contributed by atoms with Crippen LogP contribution in [0.1, 0.15) is 29.7 Å². The zero-order chi connectivity index (χ0) is 13.0. The zero-order valence-corrected chi connectivity index (χ0v) is 10.7. The molecule has 0 amide bonds. The number of aryl methyl sites for hydroxylation is 1. The van der Waals surface area contributed by atoms with Crippen LogP contribution in [0.2, 0.25) is 0 Å². The highest BCUT2D eigenvalue weighted by Crippen LogP contribution is 2.21. The lowest BCUT2D eigenvalue weighted by Crippen LogP contribution is -1.99. The van der Waals surface area contributed by atoms with Crippen molar-refractivity contribution >= 4 is 0 Å². The monoisotopic (exact) mass is 246 g/mol. The largest absolute Gasteiger partial charge is 0.496 e. The van der Waals surface area contributed by atoms with Crippen molar-refractivity contribution in [3.05, 3.63) is 41.0 Å². The second-order valence-corrected chi connectivity index (χ2v) is 4.08. The molecule has 0 aliphatic heterocycles. The van der Waals surface area contributed by atoms with E-state index in [-0.39, 0.29) is 0 Å². The van der Waals surface area contributed by atoms with Crippen LogP contribution in [0.4, 0.5) is 0 Å². The van der Waals surface area contributed by atoms with Crippen molar-refractivity contribution in [2.24, 2.45) is 5.73 Å². The SMILES string of the molecule is CCc1cc(Cc2nc(CN)n[nH]2)ccc1OC. The first-order chi connectivity index (χ1) is 8.76. The highest BCUT2D eigenvalue weighted by atomic mass is 16.5. The molecule has 18 heavy (non-hydrogen) atoms. The van der Waals surface area contributed by atoms with E-state index in [9.17, 15) is 0 Å². The number of nitrogens with zero attached hydrogens (tertiary/aromatic N) is 2. The van der Waals surface area contributed by atoms with Gasteiger partial charge in [0, 0.05) is 6.42 Å². The number of ether oxygens (including phenoxy) is 1. The summed E-state index contributed by atoms with van der Waals surface area (Å²) in [6.07, 6.45) is 1.67. The second kappa shape index (κ2) is 5.64. The van der Waals surface area contributed by atoms with Gasteiger partial charge >= 0.3 is 0 Å². The number of aromatic nitrogens is 3. The number of rotatable bonds is 5. The molecule has 0 atom stereocenters. The molecule has 2 aromatic rings. The molecule has 0 aliphatic carbocycles. The number of hydrogen-bond donors (Lipinski definition) is 2. The molecule has 0 unspecified atom stereocenters. The fourth-order valence-electron chi connectivity index (χ4n) is 1.92. The van der Waals surface area contributed by atoms with Gasteiger partial charge in [0.25, 0.3) is 0 Å². The molecule has 0 saturated heterocycles. The summed E-state index contributed by atoms with van der Waals surface area (Å²) in [6.45, 7) is 2.47. The first-order valence-electron chi connectivity index (χ1n) is 6.02.